The second-order valence-corrected chi connectivity index (χ2v) is 6.40. The number of nitrogens with zero attached hydrogens (tertiary/aromatic N) is 3. The average molecular weight is 394 g/mol. The molecule has 4 rings (SSSR count). The lowest BCUT2D eigenvalue weighted by atomic mass is 9.99. The summed E-state index contributed by atoms with van der Waals surface area (Å²) in [6, 6.07) is 13.2. The van der Waals surface area contributed by atoms with Crippen molar-refractivity contribution in [1.82, 2.24) is 5.43 Å². The zero-order valence-corrected chi connectivity index (χ0v) is 14.8. The minimum absolute atomic E-state index is 0.0217. The van der Waals surface area contributed by atoms with Gasteiger partial charge in [0.2, 0.25) is 5.91 Å². The summed E-state index contributed by atoms with van der Waals surface area (Å²) in [6.07, 6.45) is 0. The minimum atomic E-state index is -1.20. The van der Waals surface area contributed by atoms with E-state index in [1.165, 1.54) is 24.3 Å². The number of imide groups is 1. The number of hydrazone groups is 1. The molecule has 0 saturated carbocycles. The largest absolute Gasteiger partial charge is 0.456 e. The SMILES string of the molecule is O=C(OCc1ccccc1)C1=NNC2C(=O)N(c3ccccc3[N+](=O)[O-])C(=O)C12. The van der Waals surface area contributed by atoms with Crippen LogP contribution in [0.5, 0.6) is 0 Å². The van der Waals surface area contributed by atoms with Gasteiger partial charge in [-0.05, 0) is 11.6 Å². The van der Waals surface area contributed by atoms with E-state index in [1.54, 1.807) is 24.3 Å². The van der Waals surface area contributed by atoms with E-state index in [2.05, 4.69) is 10.5 Å². The third-order valence-electron chi connectivity index (χ3n) is 4.67. The summed E-state index contributed by atoms with van der Waals surface area (Å²) in [5, 5.41) is 15.1. The standard InChI is InChI=1S/C19H14N4O6/c24-17-14-15(18(25)22(17)12-8-4-5-9-13(12)23(27)28)20-21-16(14)19(26)29-10-11-6-2-1-3-7-11/h1-9,14-15,20H,10H2. The number of nitrogens with one attached hydrogen (secondary N) is 1. The Labute approximate surface area is 163 Å². The quantitative estimate of drug-likeness (QED) is 0.348. The van der Waals surface area contributed by atoms with Gasteiger partial charge in [-0.1, -0.05) is 42.5 Å². The molecule has 29 heavy (non-hydrogen) atoms. The molecule has 2 atom stereocenters. The van der Waals surface area contributed by atoms with Gasteiger partial charge in [0.05, 0.1) is 4.92 Å². The van der Waals surface area contributed by atoms with Crippen LogP contribution in [0.2, 0.25) is 0 Å². The first-order valence-electron chi connectivity index (χ1n) is 8.64. The molecule has 1 saturated heterocycles. The van der Waals surface area contributed by atoms with E-state index < -0.39 is 34.7 Å². The molecule has 2 unspecified atom stereocenters. The van der Waals surface area contributed by atoms with Crippen LogP contribution in [0.25, 0.3) is 0 Å². The predicted octanol–water partition coefficient (Wildman–Crippen LogP) is 1.16. The van der Waals surface area contributed by atoms with Crippen molar-refractivity contribution in [2.45, 2.75) is 12.6 Å². The van der Waals surface area contributed by atoms with Crippen molar-refractivity contribution in [3.8, 4) is 0 Å². The molecule has 2 aliphatic rings. The van der Waals surface area contributed by atoms with Crippen LogP contribution in [0.3, 0.4) is 0 Å². The van der Waals surface area contributed by atoms with E-state index in [1.807, 2.05) is 6.07 Å². The molecule has 0 spiro atoms. The normalized spacial score (nSPS) is 20.1. The van der Waals surface area contributed by atoms with Gasteiger partial charge in [0, 0.05) is 6.07 Å². The van der Waals surface area contributed by atoms with Crippen LogP contribution in [0, 0.1) is 16.0 Å². The van der Waals surface area contributed by atoms with Crippen LogP contribution in [-0.2, 0) is 25.7 Å². The van der Waals surface area contributed by atoms with Crippen LogP contribution in [-0.4, -0.2) is 34.5 Å². The van der Waals surface area contributed by atoms with E-state index in [0.717, 1.165) is 10.5 Å². The zero-order chi connectivity index (χ0) is 20.5. The molecule has 2 amide bonds. The Morgan fingerprint density at radius 1 is 1.10 bits per heavy atom. The van der Waals surface area contributed by atoms with Crippen LogP contribution < -0.4 is 10.3 Å². The first-order valence-corrected chi connectivity index (χ1v) is 8.64. The molecule has 10 heteroatoms. The van der Waals surface area contributed by atoms with Gasteiger partial charge in [-0.25, -0.2) is 9.69 Å². The molecule has 1 N–H and O–H groups in total. The maximum Gasteiger partial charge on any atom is 0.355 e. The second-order valence-electron chi connectivity index (χ2n) is 6.40. The number of para-hydroxylation sites is 2. The summed E-state index contributed by atoms with van der Waals surface area (Å²) in [6.45, 7) is -0.0217. The second kappa shape index (κ2) is 7.15. The van der Waals surface area contributed by atoms with Crippen molar-refractivity contribution in [3.63, 3.8) is 0 Å². The molecular formula is C19H14N4O6. The lowest BCUT2D eigenvalue weighted by molar-refractivity contribution is -0.384. The van der Waals surface area contributed by atoms with Crippen LogP contribution in [0.4, 0.5) is 11.4 Å². The molecular weight excluding hydrogens is 380 g/mol. The number of amides is 2. The molecule has 1 fully saturated rings. The number of carbonyl (C=O) groups is 3. The molecule has 0 bridgehead atoms. The third kappa shape index (κ3) is 3.10. The van der Waals surface area contributed by atoms with Crippen LogP contribution in [0.15, 0.2) is 59.7 Å². The van der Waals surface area contributed by atoms with Gasteiger partial charge < -0.3 is 4.74 Å². The molecule has 0 aromatic heterocycles. The van der Waals surface area contributed by atoms with Gasteiger partial charge in [-0.3, -0.25) is 25.1 Å². The smallest absolute Gasteiger partial charge is 0.355 e. The Morgan fingerprint density at radius 3 is 2.52 bits per heavy atom. The predicted molar refractivity (Wildman–Crippen MR) is 99.7 cm³/mol. The highest BCUT2D eigenvalue weighted by Gasteiger charge is 2.56. The van der Waals surface area contributed by atoms with Gasteiger partial charge >= 0.3 is 5.97 Å². The highest BCUT2D eigenvalue weighted by atomic mass is 16.6. The molecule has 2 aromatic rings. The Kier molecular flexibility index (Phi) is 4.51. The number of carbonyl (C=O) groups excluding carboxylic acids is 3. The molecule has 2 aromatic carbocycles. The lowest BCUT2D eigenvalue weighted by Crippen LogP contribution is -2.36. The number of nitro groups is 1. The summed E-state index contributed by atoms with van der Waals surface area (Å²) in [5.74, 6) is -3.52. The van der Waals surface area contributed by atoms with E-state index >= 15 is 0 Å². The monoisotopic (exact) mass is 394 g/mol. The number of ether oxygens (including phenoxy) is 1. The Morgan fingerprint density at radius 2 is 1.79 bits per heavy atom. The van der Waals surface area contributed by atoms with E-state index in [0.29, 0.717) is 0 Å². The van der Waals surface area contributed by atoms with Gasteiger partial charge in [0.15, 0.2) is 5.71 Å². The first kappa shape index (κ1) is 18.3. The van der Waals surface area contributed by atoms with Crippen molar-refractivity contribution in [1.29, 1.82) is 0 Å². The third-order valence-corrected chi connectivity index (χ3v) is 4.67. The molecule has 0 aliphatic carbocycles. The van der Waals surface area contributed by atoms with Gasteiger partial charge in [-0.15, -0.1) is 0 Å². The maximum atomic E-state index is 12.9. The topological polar surface area (TPSA) is 131 Å². The number of esters is 1. The van der Waals surface area contributed by atoms with Gasteiger partial charge in [0.25, 0.3) is 11.6 Å². The van der Waals surface area contributed by atoms with Gasteiger partial charge in [-0.2, -0.15) is 5.10 Å². The summed E-state index contributed by atoms with van der Waals surface area (Å²) < 4.78 is 5.21. The summed E-state index contributed by atoms with van der Waals surface area (Å²) in [7, 11) is 0. The molecule has 146 valence electrons. The summed E-state index contributed by atoms with van der Waals surface area (Å²) in [5.41, 5.74) is 2.46. The van der Waals surface area contributed by atoms with E-state index in [9.17, 15) is 24.5 Å². The number of nitro benzene ring substituents is 1. The van der Waals surface area contributed by atoms with E-state index in [4.69, 9.17) is 4.74 Å². The number of fused-ring (bicyclic) bond motifs is 1. The lowest BCUT2D eigenvalue weighted by Gasteiger charge is -2.15. The number of benzene rings is 2. The van der Waals surface area contributed by atoms with Gasteiger partial charge in [0.1, 0.15) is 24.3 Å². The number of rotatable bonds is 5. The summed E-state index contributed by atoms with van der Waals surface area (Å²) in [4.78, 5) is 49.4. The Hall–Kier alpha value is -4.08. The number of anilines is 1. The number of hydrogen-bond acceptors (Lipinski definition) is 8. The average Bonchev–Trinajstić information content (AvgIpc) is 3.27. The minimum Gasteiger partial charge on any atom is -0.456 e. The zero-order valence-electron chi connectivity index (χ0n) is 14.8. The number of hydrogen-bond donors (Lipinski definition) is 1. The van der Waals surface area contributed by atoms with E-state index in [-0.39, 0.29) is 23.7 Å². The molecule has 10 nitrogen and oxygen atoms in total. The van der Waals surface area contributed by atoms with Crippen molar-refractivity contribution in [2.24, 2.45) is 11.0 Å². The molecule has 0 radical (unpaired) electrons. The van der Waals surface area contributed by atoms with Crippen molar-refractivity contribution in [2.75, 3.05) is 4.90 Å². The molecule has 2 heterocycles. The highest BCUT2D eigenvalue weighted by molar-refractivity contribution is 6.46. The fourth-order valence-corrected chi connectivity index (χ4v) is 3.30. The van der Waals surface area contributed by atoms with Crippen LogP contribution >= 0.6 is 0 Å². The first-order chi connectivity index (χ1) is 14.0. The fourth-order valence-electron chi connectivity index (χ4n) is 3.30. The van der Waals surface area contributed by atoms with Crippen molar-refractivity contribution in [3.05, 3.63) is 70.3 Å². The van der Waals surface area contributed by atoms with Crippen molar-refractivity contribution >= 4 is 34.9 Å². The Bertz CT molecular complexity index is 1050. The molecule has 2 aliphatic heterocycles. The maximum absolute atomic E-state index is 12.9. The highest BCUT2D eigenvalue weighted by Crippen LogP contribution is 2.35. The Balaban J connectivity index is 1.56. The van der Waals surface area contributed by atoms with Crippen LogP contribution in [0.1, 0.15) is 5.56 Å². The summed E-state index contributed by atoms with van der Waals surface area (Å²) >= 11 is 0. The fraction of sp³-hybridized carbons (Fsp3) is 0.158. The van der Waals surface area contributed by atoms with Crippen molar-refractivity contribution < 1.29 is 24.0 Å².